The topological polar surface area (TPSA) is 76.4 Å². The van der Waals surface area contributed by atoms with Gasteiger partial charge in [-0.05, 0) is 69.4 Å². The maximum absolute atomic E-state index is 12.9. The van der Waals surface area contributed by atoms with Gasteiger partial charge in [0.1, 0.15) is 5.00 Å². The van der Waals surface area contributed by atoms with E-state index in [-0.39, 0.29) is 11.5 Å². The van der Waals surface area contributed by atoms with Crippen molar-refractivity contribution < 1.29 is 9.53 Å². The fourth-order valence-corrected chi connectivity index (χ4v) is 5.01. The Morgan fingerprint density at radius 3 is 2.77 bits per heavy atom. The van der Waals surface area contributed by atoms with Crippen LogP contribution in [0, 0.1) is 6.92 Å². The molecule has 0 aliphatic heterocycles. The summed E-state index contributed by atoms with van der Waals surface area (Å²) in [7, 11) is 0. The zero-order chi connectivity index (χ0) is 21.3. The number of aromatic nitrogens is 2. The largest absolute Gasteiger partial charge is 0.462 e. The number of aryl methyl sites for hydroxylation is 2. The van der Waals surface area contributed by atoms with Gasteiger partial charge < -0.3 is 4.74 Å². The minimum absolute atomic E-state index is 0.211. The molecular formula is C22H22ClN3O3S. The van der Waals surface area contributed by atoms with E-state index in [0.29, 0.717) is 39.1 Å². The normalized spacial score (nSPS) is 13.6. The molecule has 2 aromatic heterocycles. The van der Waals surface area contributed by atoms with Crippen LogP contribution in [0.4, 0.5) is 5.00 Å². The zero-order valence-corrected chi connectivity index (χ0v) is 18.4. The Kier molecular flexibility index (Phi) is 5.92. The number of carbonyl (C=O) groups excluding carboxylic acids is 1. The Hall–Kier alpha value is -2.64. The second kappa shape index (κ2) is 8.62. The van der Waals surface area contributed by atoms with Crippen LogP contribution in [-0.2, 0) is 17.6 Å². The number of halogens is 1. The number of ether oxygens (including phenoxy) is 1. The molecule has 0 spiro atoms. The van der Waals surface area contributed by atoms with Crippen molar-refractivity contribution in [1.82, 2.24) is 9.78 Å². The zero-order valence-electron chi connectivity index (χ0n) is 16.8. The number of hydrogen-bond donors (Lipinski definition) is 1. The van der Waals surface area contributed by atoms with Crippen LogP contribution in [0.2, 0.25) is 5.02 Å². The molecule has 2 heterocycles. The first-order valence-electron chi connectivity index (χ1n) is 9.93. The molecule has 1 aromatic carbocycles. The fraction of sp³-hybridized carbons (Fsp3) is 0.318. The summed E-state index contributed by atoms with van der Waals surface area (Å²) in [4.78, 5) is 31.3. The molecule has 0 unspecified atom stereocenters. The molecule has 0 radical (unpaired) electrons. The molecule has 0 saturated carbocycles. The molecule has 0 amide bonds. The van der Waals surface area contributed by atoms with E-state index in [9.17, 15) is 9.59 Å². The summed E-state index contributed by atoms with van der Waals surface area (Å²) in [5.41, 5.74) is 3.23. The van der Waals surface area contributed by atoms with Gasteiger partial charge in [0, 0.05) is 21.8 Å². The van der Waals surface area contributed by atoms with Crippen LogP contribution < -0.4 is 5.56 Å². The quantitative estimate of drug-likeness (QED) is 0.445. The Morgan fingerprint density at radius 2 is 2.03 bits per heavy atom. The van der Waals surface area contributed by atoms with E-state index < -0.39 is 0 Å². The number of nitrogens with zero attached hydrogens (tertiary/aromatic N) is 2. The molecule has 156 valence electrons. The van der Waals surface area contributed by atoms with Crippen molar-refractivity contribution >= 4 is 40.1 Å². The highest BCUT2D eigenvalue weighted by atomic mass is 35.5. The minimum Gasteiger partial charge on any atom is -0.462 e. The number of hydrogen-bond acceptors (Lipinski definition) is 5. The lowest BCUT2D eigenvalue weighted by atomic mass is 9.95. The van der Waals surface area contributed by atoms with Crippen LogP contribution in [0.25, 0.3) is 5.69 Å². The van der Waals surface area contributed by atoms with Crippen LogP contribution in [-0.4, -0.2) is 28.6 Å². The molecule has 0 fully saturated rings. The van der Waals surface area contributed by atoms with E-state index in [2.05, 4.69) is 10.1 Å². The van der Waals surface area contributed by atoms with Crippen LogP contribution in [0.5, 0.6) is 0 Å². The third-order valence-electron chi connectivity index (χ3n) is 5.15. The lowest BCUT2D eigenvalue weighted by Crippen LogP contribution is -2.17. The van der Waals surface area contributed by atoms with Crippen LogP contribution in [0.3, 0.4) is 0 Å². The average molecular weight is 444 g/mol. The van der Waals surface area contributed by atoms with E-state index in [1.807, 2.05) is 6.92 Å². The van der Waals surface area contributed by atoms with Crippen molar-refractivity contribution in [2.75, 3.05) is 6.61 Å². The van der Waals surface area contributed by atoms with Crippen LogP contribution in [0.15, 0.2) is 34.1 Å². The number of nitrogens with one attached hydrogen (secondary N) is 1. The molecule has 3 aromatic rings. The van der Waals surface area contributed by atoms with Gasteiger partial charge in [0.25, 0.3) is 5.56 Å². The molecule has 0 atom stereocenters. The molecule has 0 bridgehead atoms. The molecular weight excluding hydrogens is 422 g/mol. The molecule has 1 aliphatic carbocycles. The number of benzene rings is 1. The number of aromatic amines is 1. The van der Waals surface area contributed by atoms with Gasteiger partial charge >= 0.3 is 5.97 Å². The summed E-state index contributed by atoms with van der Waals surface area (Å²) in [6.07, 6.45) is 5.53. The molecule has 8 heteroatoms. The first kappa shape index (κ1) is 20.6. The molecule has 6 nitrogen and oxygen atoms in total. The number of carbonyl (C=O) groups is 1. The summed E-state index contributed by atoms with van der Waals surface area (Å²) in [5.74, 6) is -0.339. The fourth-order valence-electron chi connectivity index (χ4n) is 3.66. The number of fused-ring (bicyclic) bond motifs is 1. The molecule has 0 saturated heterocycles. The summed E-state index contributed by atoms with van der Waals surface area (Å²) < 4.78 is 6.73. The number of H-pyrrole nitrogens is 1. The smallest absolute Gasteiger partial charge is 0.341 e. The van der Waals surface area contributed by atoms with E-state index in [4.69, 9.17) is 16.3 Å². The average Bonchev–Trinajstić information content (AvgIpc) is 3.24. The number of esters is 1. The van der Waals surface area contributed by atoms with Gasteiger partial charge in [-0.25, -0.2) is 14.5 Å². The third-order valence-corrected chi connectivity index (χ3v) is 6.60. The summed E-state index contributed by atoms with van der Waals surface area (Å²) in [6.45, 7) is 3.93. The second-order valence-corrected chi connectivity index (χ2v) is 8.66. The predicted molar refractivity (Wildman–Crippen MR) is 120 cm³/mol. The summed E-state index contributed by atoms with van der Waals surface area (Å²) in [5, 5.41) is 4.28. The molecule has 4 rings (SSSR count). The Morgan fingerprint density at radius 1 is 1.30 bits per heavy atom. The van der Waals surface area contributed by atoms with Crippen molar-refractivity contribution in [2.24, 2.45) is 4.99 Å². The predicted octanol–water partition coefficient (Wildman–Crippen LogP) is 5.00. The van der Waals surface area contributed by atoms with Gasteiger partial charge in [0.15, 0.2) is 0 Å². The SMILES string of the molecule is CCOC(=O)c1c(N=Cc2c(C)[nH]n(-c3ccc(Cl)cc3)c2=O)sc2c1CCCC2. The van der Waals surface area contributed by atoms with Crippen molar-refractivity contribution in [2.45, 2.75) is 39.5 Å². The van der Waals surface area contributed by atoms with E-state index in [0.717, 1.165) is 31.2 Å². The molecule has 1 N–H and O–H groups in total. The van der Waals surface area contributed by atoms with Gasteiger partial charge in [-0.15, -0.1) is 11.3 Å². The van der Waals surface area contributed by atoms with Crippen molar-refractivity contribution in [3.8, 4) is 5.69 Å². The standard InChI is InChI=1S/C22H22ClN3O3S/c1-3-29-22(28)19-16-6-4-5-7-18(16)30-20(19)24-12-17-13(2)25-26(21(17)27)15-10-8-14(23)9-11-15/h8-12,25H,3-7H2,1-2H3. The lowest BCUT2D eigenvalue weighted by molar-refractivity contribution is 0.0526. The maximum Gasteiger partial charge on any atom is 0.341 e. The Balaban J connectivity index is 1.73. The van der Waals surface area contributed by atoms with Crippen molar-refractivity contribution in [3.05, 3.63) is 66.9 Å². The van der Waals surface area contributed by atoms with E-state index in [1.54, 1.807) is 37.4 Å². The second-order valence-electron chi connectivity index (χ2n) is 7.14. The lowest BCUT2D eigenvalue weighted by Gasteiger charge is -2.11. The Bertz CT molecular complexity index is 1170. The number of thiophene rings is 1. The van der Waals surface area contributed by atoms with Crippen LogP contribution in [0.1, 0.15) is 51.8 Å². The van der Waals surface area contributed by atoms with Gasteiger partial charge in [-0.1, -0.05) is 11.6 Å². The molecule has 1 aliphatic rings. The maximum atomic E-state index is 12.9. The highest BCUT2D eigenvalue weighted by Crippen LogP contribution is 2.40. The number of aliphatic imine (C=N–C) groups is 1. The highest BCUT2D eigenvalue weighted by Gasteiger charge is 2.26. The van der Waals surface area contributed by atoms with E-state index >= 15 is 0 Å². The third kappa shape index (κ3) is 3.87. The van der Waals surface area contributed by atoms with Gasteiger partial charge in [-0.2, -0.15) is 0 Å². The van der Waals surface area contributed by atoms with Gasteiger partial charge in [0.2, 0.25) is 0 Å². The Labute approximate surface area is 183 Å². The van der Waals surface area contributed by atoms with Crippen molar-refractivity contribution in [1.29, 1.82) is 0 Å². The summed E-state index contributed by atoms with van der Waals surface area (Å²) in [6, 6.07) is 7.00. The van der Waals surface area contributed by atoms with Gasteiger partial charge in [-0.3, -0.25) is 9.89 Å². The minimum atomic E-state index is -0.339. The first-order chi connectivity index (χ1) is 14.5. The number of rotatable bonds is 5. The van der Waals surface area contributed by atoms with Gasteiger partial charge in [0.05, 0.1) is 23.4 Å². The van der Waals surface area contributed by atoms with Crippen LogP contribution >= 0.6 is 22.9 Å². The highest BCUT2D eigenvalue weighted by molar-refractivity contribution is 7.16. The molecule has 30 heavy (non-hydrogen) atoms. The van der Waals surface area contributed by atoms with Crippen molar-refractivity contribution in [3.63, 3.8) is 0 Å². The first-order valence-corrected chi connectivity index (χ1v) is 11.1. The monoisotopic (exact) mass is 443 g/mol. The summed E-state index contributed by atoms with van der Waals surface area (Å²) >= 11 is 7.46. The van der Waals surface area contributed by atoms with E-state index in [1.165, 1.54) is 20.9 Å².